The van der Waals surface area contributed by atoms with E-state index in [1.54, 1.807) is 6.92 Å². The molecule has 0 unspecified atom stereocenters. The van der Waals surface area contributed by atoms with Crippen LogP contribution in [0.1, 0.15) is 6.92 Å². The fraction of sp³-hybridized carbons (Fsp3) is 0.500. The molecule has 0 fully saturated rings. The first-order valence-corrected chi connectivity index (χ1v) is 13.7. The van der Waals surface area contributed by atoms with Crippen LogP contribution in [0, 0.1) is 0 Å². The van der Waals surface area contributed by atoms with E-state index in [0.717, 1.165) is 3.93 Å². The van der Waals surface area contributed by atoms with Crippen LogP contribution >= 0.6 is 8.25 Å². The van der Waals surface area contributed by atoms with E-state index in [1.807, 2.05) is 0 Å². The molecule has 0 atom stereocenters. The normalized spacial score (nSPS) is 8.20. The van der Waals surface area contributed by atoms with Crippen LogP contribution in [0.5, 0.6) is 0 Å². The molecule has 0 amide bonds. The molecule has 0 spiro atoms. The number of ether oxygens (including phenoxy) is 1. The quantitative estimate of drug-likeness (QED) is 0.335. The molecular formula is C6H9ClHgO2. The first-order chi connectivity index (χ1) is 4.68. The number of carbonyl (C=O) groups is 1. The van der Waals surface area contributed by atoms with Crippen LogP contribution in [0.3, 0.4) is 0 Å². The molecule has 0 aliphatic rings. The molecule has 10 heavy (non-hydrogen) atoms. The van der Waals surface area contributed by atoms with Crippen LogP contribution in [0.4, 0.5) is 0 Å². The van der Waals surface area contributed by atoms with Gasteiger partial charge in [-0.2, -0.15) is 0 Å². The third-order valence-electron chi connectivity index (χ3n) is 0.860. The summed E-state index contributed by atoms with van der Waals surface area (Å²) >= 11 is -1.09. The SMILES string of the molecule is C=C(C)C(=O)OC[CH2][Hg][Cl]. The standard InChI is InChI=1S/C6H9O2.ClH.Hg/c1-4-8-6(7)5(2)3;;/h1-2,4H2,3H3;1H;/q;;+1/p-1. The third-order valence-corrected chi connectivity index (χ3v) is 5.37. The Balaban J connectivity index is 3.31. The van der Waals surface area contributed by atoms with Gasteiger partial charge in [0, 0.05) is 0 Å². The second kappa shape index (κ2) is 6.16. The zero-order valence-corrected chi connectivity index (χ0v) is 12.3. The first-order valence-electron chi connectivity index (χ1n) is 3.07. The topological polar surface area (TPSA) is 26.3 Å². The summed E-state index contributed by atoms with van der Waals surface area (Å²) in [5, 5.41) is 0. The van der Waals surface area contributed by atoms with Gasteiger partial charge in [0.25, 0.3) is 0 Å². The molecule has 0 radical (unpaired) electrons. The molecule has 0 N–H and O–H groups in total. The monoisotopic (exact) mass is 350 g/mol. The van der Waals surface area contributed by atoms with E-state index in [-0.39, 0.29) is 5.97 Å². The summed E-state index contributed by atoms with van der Waals surface area (Å²) in [5.74, 6) is -0.307. The molecule has 0 rings (SSSR count). The zero-order chi connectivity index (χ0) is 7.98. The fourth-order valence-electron chi connectivity index (χ4n) is 0.343. The van der Waals surface area contributed by atoms with Crippen molar-refractivity contribution in [1.29, 1.82) is 0 Å². The van der Waals surface area contributed by atoms with Crippen molar-refractivity contribution in [2.45, 2.75) is 10.9 Å². The molecule has 0 aromatic heterocycles. The second-order valence-electron chi connectivity index (χ2n) is 1.96. The Labute approximate surface area is 76.5 Å². The van der Waals surface area contributed by atoms with Crippen molar-refractivity contribution < 1.29 is 32.9 Å². The molecule has 0 saturated heterocycles. The van der Waals surface area contributed by atoms with Gasteiger partial charge in [0.1, 0.15) is 0 Å². The summed E-state index contributed by atoms with van der Waals surface area (Å²) in [6.45, 7) is 5.56. The van der Waals surface area contributed by atoms with E-state index in [1.165, 1.54) is 0 Å². The Morgan fingerprint density at radius 3 is 2.80 bits per heavy atom. The Bertz CT molecular complexity index is 136. The second-order valence-corrected chi connectivity index (χ2v) is 9.49. The number of hydrogen-bond donors (Lipinski definition) is 0. The molecule has 0 aliphatic heterocycles. The third kappa shape index (κ3) is 5.24. The van der Waals surface area contributed by atoms with Gasteiger partial charge in [0.15, 0.2) is 0 Å². The maximum absolute atomic E-state index is 10.7. The van der Waals surface area contributed by atoms with E-state index >= 15 is 0 Å². The average molecular weight is 349 g/mol. The summed E-state index contributed by atoms with van der Waals surface area (Å²) in [6, 6.07) is 0. The summed E-state index contributed by atoms with van der Waals surface area (Å²) in [5.41, 5.74) is 0.450. The van der Waals surface area contributed by atoms with Crippen LogP contribution in [0.15, 0.2) is 12.2 Å². The van der Waals surface area contributed by atoms with Gasteiger partial charge < -0.3 is 0 Å². The van der Waals surface area contributed by atoms with Crippen molar-refractivity contribution >= 4 is 14.2 Å². The van der Waals surface area contributed by atoms with Gasteiger partial charge >= 0.3 is 76.7 Å². The van der Waals surface area contributed by atoms with Crippen LogP contribution in [0.25, 0.3) is 0 Å². The van der Waals surface area contributed by atoms with Crippen molar-refractivity contribution in [3.8, 4) is 0 Å². The van der Waals surface area contributed by atoms with Crippen molar-refractivity contribution in [1.82, 2.24) is 0 Å². The average Bonchev–Trinajstić information content (AvgIpc) is 1.88. The molecule has 0 bridgehead atoms. The van der Waals surface area contributed by atoms with Crippen LogP contribution in [0.2, 0.25) is 3.93 Å². The van der Waals surface area contributed by atoms with Crippen LogP contribution in [-0.4, -0.2) is 12.6 Å². The van der Waals surface area contributed by atoms with Crippen molar-refractivity contribution in [3.05, 3.63) is 12.2 Å². The Kier molecular flexibility index (Phi) is 6.43. The molecule has 0 saturated carbocycles. The summed E-state index contributed by atoms with van der Waals surface area (Å²) in [6.07, 6.45) is 0. The van der Waals surface area contributed by atoms with E-state index in [2.05, 4.69) is 6.58 Å². The van der Waals surface area contributed by atoms with Gasteiger partial charge in [0.05, 0.1) is 0 Å². The van der Waals surface area contributed by atoms with Gasteiger partial charge in [-0.1, -0.05) is 0 Å². The van der Waals surface area contributed by atoms with E-state index in [9.17, 15) is 4.79 Å². The van der Waals surface area contributed by atoms with E-state index in [4.69, 9.17) is 13.0 Å². The van der Waals surface area contributed by atoms with Crippen molar-refractivity contribution in [2.24, 2.45) is 0 Å². The molecular weight excluding hydrogens is 340 g/mol. The minimum atomic E-state index is -1.09. The van der Waals surface area contributed by atoms with Gasteiger partial charge in [-0.15, -0.1) is 0 Å². The van der Waals surface area contributed by atoms with Crippen molar-refractivity contribution in [3.63, 3.8) is 0 Å². The predicted octanol–water partition coefficient (Wildman–Crippen LogP) is 1.76. The Morgan fingerprint density at radius 1 is 1.80 bits per heavy atom. The number of hydrogen-bond acceptors (Lipinski definition) is 2. The van der Waals surface area contributed by atoms with Gasteiger partial charge in [-0.3, -0.25) is 0 Å². The summed E-state index contributed by atoms with van der Waals surface area (Å²) < 4.78 is 5.69. The maximum atomic E-state index is 10.7. The number of halogens is 1. The predicted molar refractivity (Wildman–Crippen MR) is 36.4 cm³/mol. The number of esters is 1. The van der Waals surface area contributed by atoms with Gasteiger partial charge in [0.2, 0.25) is 0 Å². The zero-order valence-electron chi connectivity index (χ0n) is 6.02. The van der Waals surface area contributed by atoms with Crippen molar-refractivity contribution in [2.75, 3.05) is 6.61 Å². The van der Waals surface area contributed by atoms with E-state index < -0.39 is 23.3 Å². The number of carbonyl (C=O) groups excluding carboxylic acids is 1. The minimum absolute atomic E-state index is 0.307. The molecule has 0 aliphatic carbocycles. The molecule has 2 nitrogen and oxygen atoms in total. The van der Waals surface area contributed by atoms with Gasteiger partial charge in [-0.25, -0.2) is 0 Å². The fourth-order valence-corrected chi connectivity index (χ4v) is 2.29. The molecule has 0 heterocycles. The van der Waals surface area contributed by atoms with Crippen LogP contribution in [-0.2, 0) is 32.9 Å². The van der Waals surface area contributed by atoms with E-state index in [0.29, 0.717) is 12.2 Å². The summed E-state index contributed by atoms with van der Waals surface area (Å²) in [7, 11) is 5.57. The molecule has 0 aromatic carbocycles. The van der Waals surface area contributed by atoms with Gasteiger partial charge in [-0.05, 0) is 0 Å². The molecule has 0 aromatic rings. The Hall–Kier alpha value is 0.435. The number of rotatable bonds is 4. The van der Waals surface area contributed by atoms with Crippen LogP contribution < -0.4 is 0 Å². The first kappa shape index (κ1) is 10.4. The Morgan fingerprint density at radius 2 is 2.40 bits per heavy atom. The molecule has 54 valence electrons. The summed E-state index contributed by atoms with van der Waals surface area (Å²) in [4.78, 5) is 10.7. The molecule has 4 heteroatoms.